The van der Waals surface area contributed by atoms with Crippen molar-refractivity contribution in [2.24, 2.45) is 7.05 Å². The van der Waals surface area contributed by atoms with E-state index in [1.165, 1.54) is 0 Å². The largest absolute Gasteiger partial charge is 0.489 e. The van der Waals surface area contributed by atoms with Crippen LogP contribution in [0.3, 0.4) is 0 Å². The molecular weight excluding hydrogens is 298 g/mol. The molecule has 0 fully saturated rings. The minimum absolute atomic E-state index is 0.228. The number of halogens is 1. The van der Waals surface area contributed by atoms with Crippen LogP contribution in [0.5, 0.6) is 5.75 Å². The molecule has 18 heavy (non-hydrogen) atoms. The van der Waals surface area contributed by atoms with Gasteiger partial charge in [-0.2, -0.15) is 0 Å². The average Bonchev–Trinajstić information content (AvgIpc) is 2.59. The fourth-order valence-electron chi connectivity index (χ4n) is 1.85. The van der Waals surface area contributed by atoms with Crippen LogP contribution in [-0.2, 0) is 7.05 Å². The summed E-state index contributed by atoms with van der Waals surface area (Å²) in [6.45, 7) is 4.00. The smallest absolute Gasteiger partial charge is 0.353 e. The molecule has 0 aliphatic heterocycles. The second-order valence-electron chi connectivity index (χ2n) is 3.81. The molecular formula is C13H12BrNO3. The number of ether oxygens (including phenoxy) is 1. The van der Waals surface area contributed by atoms with E-state index in [2.05, 4.69) is 22.5 Å². The highest BCUT2D eigenvalue weighted by atomic mass is 79.9. The molecule has 0 amide bonds. The molecule has 2 aromatic rings. The zero-order chi connectivity index (χ0) is 13.3. The Bertz CT molecular complexity index is 631. The molecule has 4 nitrogen and oxygen atoms in total. The van der Waals surface area contributed by atoms with Crippen molar-refractivity contribution in [3.63, 3.8) is 0 Å². The molecule has 0 unspecified atom stereocenters. The molecule has 1 aromatic carbocycles. The van der Waals surface area contributed by atoms with Gasteiger partial charge in [-0.25, -0.2) is 4.79 Å². The maximum absolute atomic E-state index is 11.2. The molecule has 1 heterocycles. The van der Waals surface area contributed by atoms with Gasteiger partial charge in [0.2, 0.25) is 0 Å². The fourth-order valence-corrected chi connectivity index (χ4v) is 2.62. The highest BCUT2D eigenvalue weighted by Crippen LogP contribution is 2.32. The summed E-state index contributed by atoms with van der Waals surface area (Å²) in [6.07, 6.45) is 1.66. The number of aryl methyl sites for hydroxylation is 1. The Morgan fingerprint density at radius 3 is 2.94 bits per heavy atom. The van der Waals surface area contributed by atoms with Crippen molar-refractivity contribution in [2.75, 3.05) is 6.61 Å². The van der Waals surface area contributed by atoms with Crippen molar-refractivity contribution >= 4 is 32.8 Å². The second-order valence-corrected chi connectivity index (χ2v) is 4.60. The summed E-state index contributed by atoms with van der Waals surface area (Å²) in [7, 11) is 1.72. The van der Waals surface area contributed by atoms with E-state index >= 15 is 0 Å². The maximum atomic E-state index is 11.2. The lowest BCUT2D eigenvalue weighted by atomic mass is 10.2. The van der Waals surface area contributed by atoms with Gasteiger partial charge in [-0.3, -0.25) is 0 Å². The first-order valence-electron chi connectivity index (χ1n) is 5.31. The second kappa shape index (κ2) is 4.86. The number of carboxylic acids is 1. The van der Waals surface area contributed by atoms with Crippen LogP contribution in [0, 0.1) is 0 Å². The number of aromatic carboxylic acids is 1. The molecule has 0 spiro atoms. The minimum atomic E-state index is -0.964. The molecule has 0 aliphatic rings. The molecule has 94 valence electrons. The van der Waals surface area contributed by atoms with Crippen molar-refractivity contribution in [1.29, 1.82) is 0 Å². The molecule has 2 rings (SSSR count). The number of aromatic nitrogens is 1. The van der Waals surface area contributed by atoms with Gasteiger partial charge in [0.1, 0.15) is 18.1 Å². The van der Waals surface area contributed by atoms with Crippen LogP contribution < -0.4 is 4.74 Å². The average molecular weight is 310 g/mol. The first-order valence-corrected chi connectivity index (χ1v) is 6.10. The van der Waals surface area contributed by atoms with Crippen LogP contribution in [0.4, 0.5) is 0 Å². The van der Waals surface area contributed by atoms with E-state index in [1.807, 2.05) is 18.2 Å². The standard InChI is InChI=1S/C13H12BrNO3/c1-3-6-18-8-4-5-9-10(7-8)15(2)12(11(9)14)13(16)17/h3-5,7H,1,6H2,2H3,(H,16,17). The van der Waals surface area contributed by atoms with Gasteiger partial charge in [0.05, 0.1) is 9.99 Å². The lowest BCUT2D eigenvalue weighted by Gasteiger charge is -2.04. The Hall–Kier alpha value is -1.75. The van der Waals surface area contributed by atoms with Gasteiger partial charge in [-0.05, 0) is 28.1 Å². The number of benzene rings is 1. The van der Waals surface area contributed by atoms with Crippen LogP contribution >= 0.6 is 15.9 Å². The highest BCUT2D eigenvalue weighted by Gasteiger charge is 2.18. The number of carbonyl (C=O) groups is 1. The van der Waals surface area contributed by atoms with E-state index in [1.54, 1.807) is 17.7 Å². The zero-order valence-corrected chi connectivity index (χ0v) is 11.4. The lowest BCUT2D eigenvalue weighted by molar-refractivity contribution is 0.0686. The van der Waals surface area contributed by atoms with Crippen LogP contribution in [-0.4, -0.2) is 22.2 Å². The van der Waals surface area contributed by atoms with E-state index < -0.39 is 5.97 Å². The summed E-state index contributed by atoms with van der Waals surface area (Å²) in [6, 6.07) is 5.46. The maximum Gasteiger partial charge on any atom is 0.353 e. The van der Waals surface area contributed by atoms with Crippen LogP contribution in [0.15, 0.2) is 35.3 Å². The van der Waals surface area contributed by atoms with E-state index in [0.717, 1.165) is 10.9 Å². The van der Waals surface area contributed by atoms with E-state index in [0.29, 0.717) is 16.8 Å². The summed E-state index contributed by atoms with van der Waals surface area (Å²) in [5.74, 6) is -0.276. The number of nitrogens with zero attached hydrogens (tertiary/aromatic N) is 1. The van der Waals surface area contributed by atoms with Crippen molar-refractivity contribution in [1.82, 2.24) is 4.57 Å². The molecule has 0 saturated heterocycles. The molecule has 0 aliphatic carbocycles. The fraction of sp³-hybridized carbons (Fsp3) is 0.154. The highest BCUT2D eigenvalue weighted by molar-refractivity contribution is 9.10. The van der Waals surface area contributed by atoms with Crippen molar-refractivity contribution in [3.8, 4) is 5.75 Å². The third kappa shape index (κ3) is 2.01. The van der Waals surface area contributed by atoms with Crippen LogP contribution in [0.1, 0.15) is 10.5 Å². The van der Waals surface area contributed by atoms with Crippen molar-refractivity contribution in [2.45, 2.75) is 0 Å². The summed E-state index contributed by atoms with van der Waals surface area (Å²) < 4.78 is 7.65. The Morgan fingerprint density at radius 2 is 2.33 bits per heavy atom. The van der Waals surface area contributed by atoms with Crippen molar-refractivity contribution in [3.05, 3.63) is 41.0 Å². The van der Waals surface area contributed by atoms with Crippen LogP contribution in [0.2, 0.25) is 0 Å². The molecule has 5 heteroatoms. The molecule has 0 bridgehead atoms. The SMILES string of the molecule is C=CCOc1ccc2c(Br)c(C(=O)O)n(C)c2c1. The Labute approximate surface area is 113 Å². The topological polar surface area (TPSA) is 51.5 Å². The van der Waals surface area contributed by atoms with E-state index in [9.17, 15) is 4.79 Å². The van der Waals surface area contributed by atoms with Crippen molar-refractivity contribution < 1.29 is 14.6 Å². The quantitative estimate of drug-likeness (QED) is 0.882. The van der Waals surface area contributed by atoms with Gasteiger partial charge < -0.3 is 14.4 Å². The van der Waals surface area contributed by atoms with E-state index in [-0.39, 0.29) is 5.69 Å². The predicted octanol–water partition coefficient (Wildman–Crippen LogP) is 3.20. The third-order valence-electron chi connectivity index (χ3n) is 2.68. The normalized spacial score (nSPS) is 10.6. The monoisotopic (exact) mass is 309 g/mol. The van der Waals surface area contributed by atoms with Gasteiger partial charge >= 0.3 is 5.97 Å². The zero-order valence-electron chi connectivity index (χ0n) is 9.81. The Kier molecular flexibility index (Phi) is 3.43. The van der Waals surface area contributed by atoms with E-state index in [4.69, 9.17) is 9.84 Å². The number of carboxylic acid groups (broad SMARTS) is 1. The third-order valence-corrected chi connectivity index (χ3v) is 3.48. The van der Waals surface area contributed by atoms with Crippen LogP contribution in [0.25, 0.3) is 10.9 Å². The molecule has 0 atom stereocenters. The summed E-state index contributed by atoms with van der Waals surface area (Å²) in [5.41, 5.74) is 1.03. The molecule has 0 radical (unpaired) electrons. The summed E-state index contributed by atoms with van der Waals surface area (Å²) in [4.78, 5) is 11.2. The number of fused-ring (bicyclic) bond motifs is 1. The molecule has 1 aromatic heterocycles. The molecule has 1 N–H and O–H groups in total. The number of rotatable bonds is 4. The minimum Gasteiger partial charge on any atom is -0.489 e. The van der Waals surface area contributed by atoms with Gasteiger partial charge in [0.25, 0.3) is 0 Å². The first kappa shape index (κ1) is 12.7. The lowest BCUT2D eigenvalue weighted by Crippen LogP contribution is -2.04. The van der Waals surface area contributed by atoms with Gasteiger partial charge in [0, 0.05) is 18.5 Å². The van der Waals surface area contributed by atoms with Gasteiger partial charge in [-0.15, -0.1) is 0 Å². The Morgan fingerprint density at radius 1 is 1.61 bits per heavy atom. The van der Waals surface area contributed by atoms with Gasteiger partial charge in [-0.1, -0.05) is 12.7 Å². The Balaban J connectivity index is 2.60. The first-order chi connectivity index (χ1) is 8.56. The number of hydrogen-bond donors (Lipinski definition) is 1. The van der Waals surface area contributed by atoms with Gasteiger partial charge in [0.15, 0.2) is 0 Å². The summed E-state index contributed by atoms with van der Waals surface area (Å²) >= 11 is 3.32. The summed E-state index contributed by atoms with van der Waals surface area (Å²) in [5, 5.41) is 10.0. The molecule has 0 saturated carbocycles. The predicted molar refractivity (Wildman–Crippen MR) is 73.3 cm³/mol. The number of hydrogen-bond acceptors (Lipinski definition) is 2.